The molecule has 1 fully saturated rings. The van der Waals surface area contributed by atoms with Crippen LogP contribution in [0, 0.1) is 6.92 Å². The fourth-order valence-electron chi connectivity index (χ4n) is 4.72. The van der Waals surface area contributed by atoms with Crippen molar-refractivity contribution in [3.63, 3.8) is 0 Å². The highest BCUT2D eigenvalue weighted by atomic mass is 16.5. The van der Waals surface area contributed by atoms with E-state index in [9.17, 15) is 4.79 Å². The molecule has 1 N–H and O–H groups in total. The molecule has 0 radical (unpaired) electrons. The van der Waals surface area contributed by atoms with Crippen LogP contribution in [0.4, 0.5) is 0 Å². The first-order valence-electron chi connectivity index (χ1n) is 12.0. The summed E-state index contributed by atoms with van der Waals surface area (Å²) in [7, 11) is 0. The third-order valence-electron chi connectivity index (χ3n) is 6.80. The van der Waals surface area contributed by atoms with Gasteiger partial charge in [-0.1, -0.05) is 60.7 Å². The van der Waals surface area contributed by atoms with Crippen molar-refractivity contribution in [2.75, 3.05) is 6.54 Å². The molecule has 33 heavy (non-hydrogen) atoms. The molecular formula is C29H32N2O2. The van der Waals surface area contributed by atoms with E-state index in [4.69, 9.17) is 4.74 Å². The van der Waals surface area contributed by atoms with Gasteiger partial charge in [0.25, 0.3) is 5.91 Å². The lowest BCUT2D eigenvalue weighted by molar-refractivity contribution is -0.127. The maximum atomic E-state index is 12.4. The summed E-state index contributed by atoms with van der Waals surface area (Å²) in [6.45, 7) is 5.92. The van der Waals surface area contributed by atoms with Crippen LogP contribution >= 0.6 is 0 Å². The minimum absolute atomic E-state index is 0.0315. The Kier molecular flexibility index (Phi) is 6.19. The molecule has 1 aliphatic carbocycles. The van der Waals surface area contributed by atoms with Gasteiger partial charge in [-0.25, -0.2) is 0 Å². The molecule has 1 heterocycles. The number of nitrogens with zero attached hydrogens (tertiary/aromatic N) is 1. The Hall–Kier alpha value is -3.11. The molecule has 0 bridgehead atoms. The van der Waals surface area contributed by atoms with Crippen molar-refractivity contribution in [3.8, 4) is 5.75 Å². The van der Waals surface area contributed by atoms with Gasteiger partial charge in [0, 0.05) is 19.1 Å². The van der Waals surface area contributed by atoms with Crippen molar-refractivity contribution in [1.82, 2.24) is 10.2 Å². The summed E-state index contributed by atoms with van der Waals surface area (Å²) < 4.78 is 6.10. The maximum absolute atomic E-state index is 12.4. The first-order valence-corrected chi connectivity index (χ1v) is 12.0. The highest BCUT2D eigenvalue weighted by Gasteiger charge is 2.30. The van der Waals surface area contributed by atoms with E-state index < -0.39 is 6.10 Å². The van der Waals surface area contributed by atoms with Crippen LogP contribution in [-0.4, -0.2) is 29.5 Å². The summed E-state index contributed by atoms with van der Waals surface area (Å²) in [6.07, 6.45) is 2.65. The van der Waals surface area contributed by atoms with Gasteiger partial charge in [0.05, 0.1) is 6.04 Å². The Bertz CT molecular complexity index is 1120. The van der Waals surface area contributed by atoms with Crippen LogP contribution in [0.1, 0.15) is 53.6 Å². The molecule has 3 aromatic rings. The highest BCUT2D eigenvalue weighted by molar-refractivity contribution is 5.81. The van der Waals surface area contributed by atoms with E-state index in [1.807, 2.05) is 13.0 Å². The average molecular weight is 441 g/mol. The van der Waals surface area contributed by atoms with Crippen molar-refractivity contribution in [2.24, 2.45) is 0 Å². The van der Waals surface area contributed by atoms with Gasteiger partial charge in [0.1, 0.15) is 5.75 Å². The number of carbonyl (C=O) groups excluding carboxylic acids is 1. The summed E-state index contributed by atoms with van der Waals surface area (Å²) in [4.78, 5) is 15.0. The second-order valence-electron chi connectivity index (χ2n) is 9.36. The van der Waals surface area contributed by atoms with Gasteiger partial charge >= 0.3 is 0 Å². The Morgan fingerprint density at radius 3 is 2.58 bits per heavy atom. The van der Waals surface area contributed by atoms with Crippen molar-refractivity contribution < 1.29 is 9.53 Å². The summed E-state index contributed by atoms with van der Waals surface area (Å²) in [6, 6.07) is 26.2. The zero-order valence-corrected chi connectivity index (χ0v) is 19.5. The van der Waals surface area contributed by atoms with Gasteiger partial charge in [-0.05, 0) is 73.1 Å². The van der Waals surface area contributed by atoms with E-state index in [0.29, 0.717) is 6.04 Å². The number of ether oxygens (including phenoxy) is 1. The molecule has 3 aromatic carbocycles. The molecule has 1 amide bonds. The monoisotopic (exact) mass is 440 g/mol. The van der Waals surface area contributed by atoms with E-state index >= 15 is 0 Å². The molecule has 5 rings (SSSR count). The van der Waals surface area contributed by atoms with Crippen molar-refractivity contribution >= 4 is 5.91 Å². The number of carbonyl (C=O) groups is 1. The first kappa shape index (κ1) is 21.7. The molecule has 2 atom stereocenters. The summed E-state index contributed by atoms with van der Waals surface area (Å²) >= 11 is 0. The number of benzene rings is 3. The van der Waals surface area contributed by atoms with Crippen LogP contribution in [0.15, 0.2) is 72.8 Å². The smallest absolute Gasteiger partial charge is 0.260 e. The van der Waals surface area contributed by atoms with Crippen molar-refractivity contribution in [1.29, 1.82) is 0 Å². The molecule has 4 nitrogen and oxygen atoms in total. The van der Waals surface area contributed by atoms with Gasteiger partial charge in [0.15, 0.2) is 6.10 Å². The minimum Gasteiger partial charge on any atom is -0.481 e. The number of rotatable bonds is 7. The minimum atomic E-state index is -0.509. The quantitative estimate of drug-likeness (QED) is 0.550. The fraction of sp³-hybridized carbons (Fsp3) is 0.345. The first-order chi connectivity index (χ1) is 16.1. The van der Waals surface area contributed by atoms with E-state index in [0.717, 1.165) is 38.1 Å². The van der Waals surface area contributed by atoms with E-state index in [1.54, 1.807) is 0 Å². The van der Waals surface area contributed by atoms with Gasteiger partial charge in [0.2, 0.25) is 0 Å². The lowest BCUT2D eigenvalue weighted by Crippen LogP contribution is -2.38. The summed E-state index contributed by atoms with van der Waals surface area (Å²) in [5.41, 5.74) is 6.59. The predicted molar refractivity (Wildman–Crippen MR) is 131 cm³/mol. The van der Waals surface area contributed by atoms with E-state index in [-0.39, 0.29) is 11.9 Å². The standard InChI is InChI=1S/C29H32N2O2/c1-20-8-6-7-11-24(20)19-31-17-16-22-12-15-26(33-21(2)29(32)30-25-13-14-25)18-27(22)28(31)23-9-4-3-5-10-23/h3-12,15,18,21,25,28H,13-14,16-17,19H2,1-2H3,(H,30,32). The second-order valence-corrected chi connectivity index (χ2v) is 9.36. The van der Waals surface area contributed by atoms with Gasteiger partial charge in [-0.3, -0.25) is 9.69 Å². The number of aryl methyl sites for hydroxylation is 1. The normalized spacial score (nSPS) is 18.9. The number of hydrogen-bond acceptors (Lipinski definition) is 3. The number of hydrogen-bond donors (Lipinski definition) is 1. The van der Waals surface area contributed by atoms with Gasteiger partial charge in [-0.2, -0.15) is 0 Å². The number of nitrogens with one attached hydrogen (secondary N) is 1. The lowest BCUT2D eigenvalue weighted by atomic mass is 9.87. The topological polar surface area (TPSA) is 41.6 Å². The average Bonchev–Trinajstić information content (AvgIpc) is 3.65. The van der Waals surface area contributed by atoms with Gasteiger partial charge < -0.3 is 10.1 Å². The number of amides is 1. The molecule has 0 aromatic heterocycles. The molecule has 0 spiro atoms. The zero-order valence-electron chi connectivity index (χ0n) is 19.5. The van der Waals surface area contributed by atoms with E-state index in [1.165, 1.54) is 27.8 Å². The Morgan fingerprint density at radius 1 is 1.06 bits per heavy atom. The fourth-order valence-corrected chi connectivity index (χ4v) is 4.72. The predicted octanol–water partition coefficient (Wildman–Crippen LogP) is 5.19. The highest BCUT2D eigenvalue weighted by Crippen LogP contribution is 2.38. The van der Waals surface area contributed by atoms with Crippen LogP contribution in [0.25, 0.3) is 0 Å². The molecule has 1 saturated carbocycles. The Morgan fingerprint density at radius 2 is 1.82 bits per heavy atom. The zero-order chi connectivity index (χ0) is 22.8. The van der Waals surface area contributed by atoms with Crippen molar-refractivity contribution in [3.05, 3.63) is 101 Å². The Balaban J connectivity index is 1.44. The lowest BCUT2D eigenvalue weighted by Gasteiger charge is -2.38. The Labute approximate surface area is 196 Å². The molecule has 2 unspecified atom stereocenters. The van der Waals surface area contributed by atoms with Crippen LogP contribution in [0.2, 0.25) is 0 Å². The third-order valence-corrected chi connectivity index (χ3v) is 6.80. The van der Waals surface area contributed by atoms with Gasteiger partial charge in [-0.15, -0.1) is 0 Å². The van der Waals surface area contributed by atoms with Crippen molar-refractivity contribution in [2.45, 2.75) is 57.8 Å². The summed E-state index contributed by atoms with van der Waals surface area (Å²) in [5.74, 6) is 0.724. The molecular weight excluding hydrogens is 408 g/mol. The third kappa shape index (κ3) is 4.96. The van der Waals surface area contributed by atoms with Crippen LogP contribution in [-0.2, 0) is 17.8 Å². The molecule has 4 heteroatoms. The van der Waals surface area contributed by atoms with Crippen LogP contribution in [0.5, 0.6) is 5.75 Å². The van der Waals surface area contributed by atoms with E-state index in [2.05, 4.69) is 83.9 Å². The second kappa shape index (κ2) is 9.40. The maximum Gasteiger partial charge on any atom is 0.260 e. The van der Waals surface area contributed by atoms with Crippen LogP contribution in [0.3, 0.4) is 0 Å². The molecule has 2 aliphatic rings. The van der Waals surface area contributed by atoms with Crippen LogP contribution < -0.4 is 10.1 Å². The summed E-state index contributed by atoms with van der Waals surface area (Å²) in [5, 5.41) is 3.04. The number of fused-ring (bicyclic) bond motifs is 1. The largest absolute Gasteiger partial charge is 0.481 e. The molecule has 170 valence electrons. The molecule has 1 aliphatic heterocycles. The SMILES string of the molecule is Cc1ccccc1CN1CCc2ccc(OC(C)C(=O)NC3CC3)cc2C1c1ccccc1. The molecule has 0 saturated heterocycles.